The molecule has 1 saturated heterocycles. The van der Waals surface area contributed by atoms with Gasteiger partial charge in [-0.1, -0.05) is 0 Å². The van der Waals surface area contributed by atoms with Crippen molar-refractivity contribution in [1.82, 2.24) is 9.80 Å². The van der Waals surface area contributed by atoms with Gasteiger partial charge in [0.05, 0.1) is 14.2 Å². The minimum absolute atomic E-state index is 0.889. The summed E-state index contributed by atoms with van der Waals surface area (Å²) in [6.07, 6.45) is 0. The number of methoxy groups -OCH3 is 2. The van der Waals surface area contributed by atoms with Gasteiger partial charge in [-0.3, -0.25) is 4.90 Å². The number of hydrogen-bond donors (Lipinski definition) is 0. The fourth-order valence-electron chi connectivity index (χ4n) is 2.25. The molecule has 0 unspecified atom stereocenters. The highest BCUT2D eigenvalue weighted by molar-refractivity contribution is 5.40. The second kappa shape index (κ2) is 6.07. The van der Waals surface area contributed by atoms with E-state index in [0.29, 0.717) is 0 Å². The average molecular weight is 250 g/mol. The lowest BCUT2D eigenvalue weighted by molar-refractivity contribution is 0.147. The molecule has 4 nitrogen and oxygen atoms in total. The van der Waals surface area contributed by atoms with Gasteiger partial charge in [-0.25, -0.2) is 0 Å². The fraction of sp³-hybridized carbons (Fsp3) is 0.571. The molecule has 1 aromatic carbocycles. The topological polar surface area (TPSA) is 24.9 Å². The quantitative estimate of drug-likeness (QED) is 0.807. The van der Waals surface area contributed by atoms with Crippen molar-refractivity contribution in [2.45, 2.75) is 6.54 Å². The number of rotatable bonds is 4. The Labute approximate surface area is 109 Å². The Bertz CT molecular complexity index is 387. The van der Waals surface area contributed by atoms with Gasteiger partial charge in [-0.05, 0) is 25.2 Å². The lowest BCUT2D eigenvalue weighted by Gasteiger charge is -2.32. The Morgan fingerprint density at radius 2 is 1.78 bits per heavy atom. The standard InChI is InChI=1S/C14H22N2O2/c1-15-6-8-16(9-7-15)11-12-10-13(17-2)4-5-14(12)18-3/h4-5,10H,6-9,11H2,1-3H3. The van der Waals surface area contributed by atoms with Crippen LogP contribution in [0, 0.1) is 0 Å². The summed E-state index contributed by atoms with van der Waals surface area (Å²) in [6.45, 7) is 5.40. The lowest BCUT2D eigenvalue weighted by atomic mass is 10.1. The molecule has 1 fully saturated rings. The molecule has 0 aliphatic carbocycles. The molecule has 0 bridgehead atoms. The molecule has 4 heteroatoms. The Morgan fingerprint density at radius 3 is 2.39 bits per heavy atom. The van der Waals surface area contributed by atoms with Crippen LogP contribution in [-0.4, -0.2) is 57.2 Å². The fourth-order valence-corrected chi connectivity index (χ4v) is 2.25. The van der Waals surface area contributed by atoms with Crippen LogP contribution >= 0.6 is 0 Å². The summed E-state index contributed by atoms with van der Waals surface area (Å²) in [6, 6.07) is 5.98. The maximum Gasteiger partial charge on any atom is 0.123 e. The third-order valence-corrected chi connectivity index (χ3v) is 3.48. The van der Waals surface area contributed by atoms with Crippen LogP contribution < -0.4 is 9.47 Å². The van der Waals surface area contributed by atoms with Gasteiger partial charge in [0, 0.05) is 38.3 Å². The molecule has 0 saturated carbocycles. The normalized spacial score (nSPS) is 17.7. The number of benzene rings is 1. The number of ether oxygens (including phenoxy) is 2. The highest BCUT2D eigenvalue weighted by Gasteiger charge is 2.16. The Balaban J connectivity index is 2.07. The number of nitrogens with zero attached hydrogens (tertiary/aromatic N) is 2. The molecule has 0 radical (unpaired) electrons. The molecular weight excluding hydrogens is 228 g/mol. The first-order chi connectivity index (χ1) is 8.72. The van der Waals surface area contributed by atoms with Crippen LogP contribution in [0.2, 0.25) is 0 Å². The summed E-state index contributed by atoms with van der Waals surface area (Å²) in [7, 11) is 5.58. The van der Waals surface area contributed by atoms with Crippen molar-refractivity contribution < 1.29 is 9.47 Å². The SMILES string of the molecule is COc1ccc(OC)c(CN2CCN(C)CC2)c1. The molecule has 0 amide bonds. The van der Waals surface area contributed by atoms with Gasteiger partial charge in [0.15, 0.2) is 0 Å². The maximum absolute atomic E-state index is 5.41. The van der Waals surface area contributed by atoms with Gasteiger partial charge in [0.2, 0.25) is 0 Å². The van der Waals surface area contributed by atoms with E-state index in [4.69, 9.17) is 9.47 Å². The van der Waals surface area contributed by atoms with Crippen molar-refractivity contribution in [3.63, 3.8) is 0 Å². The Morgan fingerprint density at radius 1 is 1.06 bits per heavy atom. The predicted molar refractivity (Wildman–Crippen MR) is 72.3 cm³/mol. The molecule has 100 valence electrons. The summed E-state index contributed by atoms with van der Waals surface area (Å²) in [5.74, 6) is 1.83. The van der Waals surface area contributed by atoms with E-state index in [1.165, 1.54) is 5.56 Å². The van der Waals surface area contributed by atoms with Crippen molar-refractivity contribution in [2.75, 3.05) is 47.4 Å². The van der Waals surface area contributed by atoms with Crippen molar-refractivity contribution in [2.24, 2.45) is 0 Å². The van der Waals surface area contributed by atoms with Crippen LogP contribution in [0.25, 0.3) is 0 Å². The highest BCUT2D eigenvalue weighted by atomic mass is 16.5. The minimum Gasteiger partial charge on any atom is -0.497 e. The van der Waals surface area contributed by atoms with E-state index in [2.05, 4.69) is 22.9 Å². The average Bonchev–Trinajstić information content (AvgIpc) is 2.41. The Hall–Kier alpha value is -1.26. The van der Waals surface area contributed by atoms with Crippen LogP contribution in [0.3, 0.4) is 0 Å². The van der Waals surface area contributed by atoms with Crippen LogP contribution in [0.15, 0.2) is 18.2 Å². The van der Waals surface area contributed by atoms with Gasteiger partial charge in [-0.15, -0.1) is 0 Å². The lowest BCUT2D eigenvalue weighted by Crippen LogP contribution is -2.43. The summed E-state index contributed by atoms with van der Waals surface area (Å²) in [5.41, 5.74) is 1.20. The van der Waals surface area contributed by atoms with E-state index < -0.39 is 0 Å². The summed E-state index contributed by atoms with van der Waals surface area (Å²) in [5, 5.41) is 0. The van der Waals surface area contributed by atoms with Crippen LogP contribution in [0.1, 0.15) is 5.56 Å². The van der Waals surface area contributed by atoms with Gasteiger partial charge >= 0.3 is 0 Å². The van der Waals surface area contributed by atoms with E-state index in [0.717, 1.165) is 44.2 Å². The molecule has 0 aromatic heterocycles. The maximum atomic E-state index is 5.41. The van der Waals surface area contributed by atoms with E-state index in [1.807, 2.05) is 12.1 Å². The second-order valence-electron chi connectivity index (χ2n) is 4.76. The smallest absolute Gasteiger partial charge is 0.123 e. The van der Waals surface area contributed by atoms with E-state index >= 15 is 0 Å². The number of piperazine rings is 1. The monoisotopic (exact) mass is 250 g/mol. The van der Waals surface area contributed by atoms with Gasteiger partial charge in [-0.2, -0.15) is 0 Å². The molecule has 1 aliphatic rings. The Kier molecular flexibility index (Phi) is 4.44. The van der Waals surface area contributed by atoms with Crippen LogP contribution in [-0.2, 0) is 6.54 Å². The molecule has 1 heterocycles. The molecule has 18 heavy (non-hydrogen) atoms. The molecule has 1 aromatic rings. The highest BCUT2D eigenvalue weighted by Crippen LogP contribution is 2.25. The van der Waals surface area contributed by atoms with Crippen LogP contribution in [0.5, 0.6) is 11.5 Å². The summed E-state index contributed by atoms with van der Waals surface area (Å²) < 4.78 is 10.7. The molecule has 2 rings (SSSR count). The zero-order chi connectivity index (χ0) is 13.0. The van der Waals surface area contributed by atoms with Crippen molar-refractivity contribution >= 4 is 0 Å². The van der Waals surface area contributed by atoms with Crippen molar-refractivity contribution in [3.8, 4) is 11.5 Å². The minimum atomic E-state index is 0.889. The van der Waals surface area contributed by atoms with Gasteiger partial charge in [0.1, 0.15) is 11.5 Å². The van der Waals surface area contributed by atoms with Gasteiger partial charge in [0.25, 0.3) is 0 Å². The van der Waals surface area contributed by atoms with E-state index in [9.17, 15) is 0 Å². The molecule has 1 aliphatic heterocycles. The largest absolute Gasteiger partial charge is 0.497 e. The molecule has 0 atom stereocenters. The summed E-state index contributed by atoms with van der Waals surface area (Å²) >= 11 is 0. The zero-order valence-corrected chi connectivity index (χ0v) is 11.5. The first-order valence-corrected chi connectivity index (χ1v) is 6.34. The van der Waals surface area contributed by atoms with Crippen LogP contribution in [0.4, 0.5) is 0 Å². The third kappa shape index (κ3) is 3.15. The van der Waals surface area contributed by atoms with Crippen molar-refractivity contribution in [3.05, 3.63) is 23.8 Å². The third-order valence-electron chi connectivity index (χ3n) is 3.48. The second-order valence-corrected chi connectivity index (χ2v) is 4.76. The van der Waals surface area contributed by atoms with Gasteiger partial charge < -0.3 is 14.4 Å². The first-order valence-electron chi connectivity index (χ1n) is 6.34. The first kappa shape index (κ1) is 13.2. The molecule has 0 N–H and O–H groups in total. The molecule has 0 spiro atoms. The summed E-state index contributed by atoms with van der Waals surface area (Å²) in [4.78, 5) is 4.82. The number of likely N-dealkylation sites (N-methyl/N-ethyl adjacent to an activating group) is 1. The van der Waals surface area contributed by atoms with E-state index in [-0.39, 0.29) is 0 Å². The zero-order valence-electron chi connectivity index (χ0n) is 11.5. The van der Waals surface area contributed by atoms with Crippen molar-refractivity contribution in [1.29, 1.82) is 0 Å². The molecular formula is C14H22N2O2. The number of hydrogen-bond acceptors (Lipinski definition) is 4. The van der Waals surface area contributed by atoms with E-state index in [1.54, 1.807) is 14.2 Å². The predicted octanol–water partition coefficient (Wildman–Crippen LogP) is 1.45.